The Balaban J connectivity index is 0.941. The quantitative estimate of drug-likeness (QED) is 0.0137. The zero-order chi connectivity index (χ0) is 72.0. The second-order valence-corrected chi connectivity index (χ2v) is 28.3. The first-order valence-electron chi connectivity index (χ1n) is 30.4. The van der Waals surface area contributed by atoms with Gasteiger partial charge in [-0.3, -0.25) is 80.0 Å². The van der Waals surface area contributed by atoms with Gasteiger partial charge in [0.15, 0.2) is 47.2 Å². The number of nitrogens with two attached hydrogens (primary N) is 2. The third-order valence-electron chi connectivity index (χ3n) is 15.9. The summed E-state index contributed by atoms with van der Waals surface area (Å²) in [7, 11) is -5.68. The maximum Gasteiger partial charge on any atom is 0.472 e. The number of phosphoric ester groups is 2. The molecular formula is C52H75N14O30P3S. The van der Waals surface area contributed by atoms with Crippen LogP contribution in [0.25, 0.3) is 22.3 Å². The fourth-order valence-electron chi connectivity index (χ4n) is 11.3. The van der Waals surface area contributed by atoms with Crippen LogP contribution in [0.5, 0.6) is 0 Å². The molecule has 0 saturated carbocycles. The summed E-state index contributed by atoms with van der Waals surface area (Å²) < 4.78 is 139. The van der Waals surface area contributed by atoms with Gasteiger partial charge in [0.25, 0.3) is 22.2 Å². The summed E-state index contributed by atoms with van der Waals surface area (Å²) in [4.78, 5) is 139. The molecule has 6 aromatic rings. The van der Waals surface area contributed by atoms with Gasteiger partial charge in [-0.15, -0.1) is 0 Å². The Morgan fingerprint density at radius 2 is 0.920 bits per heavy atom. The Hall–Kier alpha value is -6.11. The number of aromatic nitrogens is 12. The number of hydrogen-bond donors (Lipinski definition) is 10. The average molecular weight is 1500 g/mol. The van der Waals surface area contributed by atoms with E-state index in [1.165, 1.54) is 63.9 Å². The zero-order valence-electron chi connectivity index (χ0n) is 54.0. The highest BCUT2D eigenvalue weighted by atomic mass is 32.5. The molecule has 0 aliphatic carbocycles. The number of aryl methyl sites for hydroxylation is 2. The van der Waals surface area contributed by atoms with Crippen molar-refractivity contribution >= 4 is 68.4 Å². The monoisotopic (exact) mass is 1500 g/mol. The summed E-state index contributed by atoms with van der Waals surface area (Å²) >= 11 is 5.58. The van der Waals surface area contributed by atoms with E-state index in [4.69, 9.17) is 107 Å². The molecule has 0 aromatic carbocycles. The minimum atomic E-state index is -5.72. The van der Waals surface area contributed by atoms with Crippen molar-refractivity contribution in [3.63, 3.8) is 0 Å². The van der Waals surface area contributed by atoms with E-state index < -0.39 is 174 Å². The van der Waals surface area contributed by atoms with Gasteiger partial charge in [0.1, 0.15) is 61.0 Å². The molecule has 12 N–H and O–H groups in total. The minimum Gasteiger partial charge on any atom is -0.394 e. The third kappa shape index (κ3) is 17.7. The number of hydrogen-bond acceptors (Lipinski definition) is 34. The van der Waals surface area contributed by atoms with Crippen molar-refractivity contribution in [3.05, 3.63) is 98.6 Å². The molecule has 4 aliphatic rings. The van der Waals surface area contributed by atoms with Gasteiger partial charge < -0.3 is 92.6 Å². The molecule has 44 nitrogen and oxygen atoms in total. The predicted molar refractivity (Wildman–Crippen MR) is 340 cm³/mol. The summed E-state index contributed by atoms with van der Waals surface area (Å²) in [5, 5.41) is 10.7. The molecule has 0 radical (unpaired) electrons. The summed E-state index contributed by atoms with van der Waals surface area (Å²) in [5.41, 5.74) is 6.49. The van der Waals surface area contributed by atoms with Crippen molar-refractivity contribution < 1.29 is 113 Å². The second kappa shape index (κ2) is 33.1. The molecule has 0 amide bonds. The van der Waals surface area contributed by atoms with Crippen molar-refractivity contribution in [1.29, 1.82) is 0 Å². The number of aliphatic hydroxyl groups is 1. The summed E-state index contributed by atoms with van der Waals surface area (Å²) in [6.45, 7) is -6.33. The molecule has 4 fully saturated rings. The number of ether oxygens (including phenoxy) is 12. The van der Waals surface area contributed by atoms with Crippen molar-refractivity contribution in [2.45, 2.75) is 112 Å². The third-order valence-corrected chi connectivity index (χ3v) is 19.4. The molecule has 6 aromatic heterocycles. The van der Waals surface area contributed by atoms with Crippen molar-refractivity contribution in [2.24, 2.45) is 0 Å². The van der Waals surface area contributed by atoms with Gasteiger partial charge >= 0.3 is 33.7 Å². The highest BCUT2D eigenvalue weighted by molar-refractivity contribution is 8.07. The number of phosphoric acid groups is 2. The van der Waals surface area contributed by atoms with Crippen molar-refractivity contribution in [3.8, 4) is 0 Å². The molecule has 100 heavy (non-hydrogen) atoms. The summed E-state index contributed by atoms with van der Waals surface area (Å²) in [6, 6.07) is 0. The molecule has 0 spiro atoms. The van der Waals surface area contributed by atoms with Gasteiger partial charge in [-0.1, -0.05) is 0 Å². The van der Waals surface area contributed by atoms with Crippen LogP contribution in [0.3, 0.4) is 0 Å². The first kappa shape index (κ1) is 76.5. The molecule has 4 saturated heterocycles. The van der Waals surface area contributed by atoms with E-state index in [0.717, 1.165) is 21.7 Å². The van der Waals surface area contributed by atoms with Crippen LogP contribution in [0.15, 0.2) is 53.8 Å². The number of aliphatic hydroxyl groups excluding tert-OH is 1. The molecule has 554 valence electrons. The van der Waals surface area contributed by atoms with Gasteiger partial charge in [0.05, 0.1) is 98.0 Å². The number of nitrogen functional groups attached to an aromatic ring is 2. The SMILES string of the molecule is COCCO[C@H]1C[C@@H](COP(=O)(O)OC2[C@@H](COP(=O)(O)OC3[C@@H](COP(O)(=S)OC4[C@@H](CO)O[C@@H](n5cnc6c(=O)[nH]c(N)nc65)[C@H]4OCCOC)O[C@@H](n4cnc5c(=O)[nH]c(N)nc54)[C@H]3OCCOC)O[C@@H](n3cc(C)c(=O)[nH]c3=O)[C@H]2OCCOC)O[C@H]1n1cc(C)c(=O)[nH]c1=O. The predicted octanol–water partition coefficient (Wildman–Crippen LogP) is -3.14. The van der Waals surface area contributed by atoms with Gasteiger partial charge in [-0.2, -0.15) is 9.97 Å². The van der Waals surface area contributed by atoms with Crippen LogP contribution in [0.1, 0.15) is 42.5 Å². The van der Waals surface area contributed by atoms with E-state index >= 15 is 0 Å². The van der Waals surface area contributed by atoms with Crippen molar-refractivity contribution in [1.82, 2.24) is 58.1 Å². The lowest BCUT2D eigenvalue weighted by molar-refractivity contribution is -0.0849. The minimum absolute atomic E-state index is 0.0134. The molecule has 6 unspecified atom stereocenters. The van der Waals surface area contributed by atoms with Gasteiger partial charge in [-0.05, 0) is 25.7 Å². The Bertz CT molecular complexity index is 4340. The Morgan fingerprint density at radius 3 is 1.37 bits per heavy atom. The number of rotatable bonds is 36. The summed E-state index contributed by atoms with van der Waals surface area (Å²) in [5.74, 6) is -0.642. The van der Waals surface area contributed by atoms with E-state index in [0.29, 0.717) is 0 Å². The largest absolute Gasteiger partial charge is 0.472 e. The van der Waals surface area contributed by atoms with E-state index in [9.17, 15) is 57.7 Å². The van der Waals surface area contributed by atoms with Gasteiger partial charge in [0, 0.05) is 58.4 Å². The smallest absolute Gasteiger partial charge is 0.394 e. The maximum atomic E-state index is 14.9. The fraction of sp³-hybridized carbons (Fsp3) is 0.654. The molecule has 18 atom stereocenters. The molecule has 10 heterocycles. The number of aromatic amines is 4. The van der Waals surface area contributed by atoms with Gasteiger partial charge in [-0.25, -0.2) is 28.7 Å². The number of nitrogens with zero attached hydrogens (tertiary/aromatic N) is 8. The lowest BCUT2D eigenvalue weighted by atomic mass is 10.1. The number of anilines is 2. The van der Waals surface area contributed by atoms with Crippen molar-refractivity contribution in [2.75, 3.05) is 119 Å². The first-order chi connectivity index (χ1) is 47.7. The highest BCUT2D eigenvalue weighted by Gasteiger charge is 2.56. The van der Waals surface area contributed by atoms with Crippen LogP contribution >= 0.6 is 22.4 Å². The van der Waals surface area contributed by atoms with Crippen LogP contribution in [-0.2, 0) is 105 Å². The second-order valence-electron chi connectivity index (χ2n) is 22.7. The number of fused-ring (bicyclic) bond motifs is 2. The van der Waals surface area contributed by atoms with E-state index in [1.807, 2.05) is 0 Å². The van der Waals surface area contributed by atoms with E-state index in [-0.39, 0.29) is 105 Å². The summed E-state index contributed by atoms with van der Waals surface area (Å²) in [6.07, 6.45) is -18.1. The lowest BCUT2D eigenvalue weighted by Gasteiger charge is -2.29. The molecular weight excluding hydrogens is 1430 g/mol. The van der Waals surface area contributed by atoms with E-state index in [1.54, 1.807) is 0 Å². The van der Waals surface area contributed by atoms with Crippen LogP contribution in [0.4, 0.5) is 11.9 Å². The Labute approximate surface area is 567 Å². The topological polar surface area (TPSA) is 570 Å². The Kier molecular flexibility index (Phi) is 25.3. The Morgan fingerprint density at radius 1 is 0.520 bits per heavy atom. The lowest BCUT2D eigenvalue weighted by Crippen LogP contribution is -2.41. The van der Waals surface area contributed by atoms with Crippen LogP contribution < -0.4 is 45.1 Å². The molecule has 10 rings (SSSR count). The normalized spacial score (nSPS) is 28.1. The molecule has 4 aliphatic heterocycles. The van der Waals surface area contributed by atoms with Crippen LogP contribution in [0.2, 0.25) is 0 Å². The van der Waals surface area contributed by atoms with E-state index in [2.05, 4.69) is 39.9 Å². The van der Waals surface area contributed by atoms with Crippen LogP contribution in [-0.4, -0.2) is 253 Å². The first-order valence-corrected chi connectivity index (χ1v) is 36.0. The molecule has 0 bridgehead atoms. The number of methoxy groups -OCH3 is 4. The fourth-order valence-corrected chi connectivity index (χ4v) is 14.7. The van der Waals surface area contributed by atoms with Gasteiger partial charge in [0.2, 0.25) is 11.9 Å². The van der Waals surface area contributed by atoms with Crippen LogP contribution in [0, 0.1) is 13.8 Å². The standard InChI is InChI=1S/C52H75N14O30P3S/c1-24-16-63(51(72)61-41(24)68)45-27(83-11-7-79-3)15-26(90-45)19-87-97(74,75)94-34-29(92-46(37(34)85-13-9-81-5)64-17-25(2)42(69)62-52(64)73)20-88-98(76,77)95-35-30(93-48(38(35)86-14-10-82-6)66-23-56-32-40(66)58-50(54)60-44(32)71)21-89-99(78,100)96-33-28(18-67)91-47(36(33)84-12-8-80-4)65-22-55-31-39(65)57-49(53)59-43(31)70/h16-17,22-23,26-30,33-38,45-48,67H,7-15,18-21H2,1-6H3,(H,74,75)(H,76,77)(H,78,100)(H,61,68,72)(H,62,69,73)(H3,53,57,59,70)(H3,54,58,60,71)/t26-,27-,28+,29+,30+,33?,34?,35?,36-,37-,38-,45+,46+,47+,48+,99?/m0/s1. The number of nitrogens with one attached hydrogen (secondary N) is 4. The molecule has 48 heteroatoms. The maximum absolute atomic E-state index is 14.9. The number of H-pyrrole nitrogens is 4. The average Bonchev–Trinajstić information content (AvgIpc) is 1.62. The zero-order valence-corrected chi connectivity index (χ0v) is 57.5. The highest BCUT2D eigenvalue weighted by Crippen LogP contribution is 2.55. The number of imidazole rings is 2.